The van der Waals surface area contributed by atoms with Crippen LogP contribution in [-0.2, 0) is 11.3 Å². The van der Waals surface area contributed by atoms with Gasteiger partial charge in [0.15, 0.2) is 5.82 Å². The third kappa shape index (κ3) is 5.14. The molecule has 0 radical (unpaired) electrons. The van der Waals surface area contributed by atoms with E-state index in [1.165, 1.54) is 6.20 Å². The zero-order valence-corrected chi connectivity index (χ0v) is 9.72. The van der Waals surface area contributed by atoms with E-state index < -0.39 is 12.8 Å². The summed E-state index contributed by atoms with van der Waals surface area (Å²) >= 11 is 4.77. The van der Waals surface area contributed by atoms with Crippen LogP contribution in [0, 0.1) is 0 Å². The zero-order valence-electron chi connectivity index (χ0n) is 8.91. The van der Waals surface area contributed by atoms with Gasteiger partial charge in [-0.15, -0.1) is 0 Å². The van der Waals surface area contributed by atoms with Gasteiger partial charge in [0.1, 0.15) is 11.6 Å². The first-order valence-electron chi connectivity index (χ1n) is 4.85. The molecule has 0 spiro atoms. The molecule has 1 heterocycles. The van der Waals surface area contributed by atoms with Crippen molar-refractivity contribution in [2.75, 3.05) is 13.2 Å². The van der Waals surface area contributed by atoms with Crippen LogP contribution in [0.3, 0.4) is 0 Å². The van der Waals surface area contributed by atoms with Gasteiger partial charge in [0.05, 0.1) is 0 Å². The lowest BCUT2D eigenvalue weighted by molar-refractivity contribution is -0.174. The molecular weight excluding hydrogens is 255 g/mol. The number of thiocarbonyl (C=S) groups is 1. The summed E-state index contributed by atoms with van der Waals surface area (Å²) in [4.78, 5) is 4.09. The fourth-order valence-corrected chi connectivity index (χ4v) is 1.41. The van der Waals surface area contributed by atoms with E-state index in [0.717, 1.165) is 0 Å². The minimum Gasteiger partial charge on any atom is -0.387 e. The van der Waals surface area contributed by atoms with E-state index in [9.17, 15) is 13.2 Å². The summed E-state index contributed by atoms with van der Waals surface area (Å²) in [6, 6.07) is 0. The number of hydrogen-bond acceptors (Lipinski definition) is 3. The Balaban J connectivity index is 2.27. The Kier molecular flexibility index (Phi) is 4.88. The summed E-state index contributed by atoms with van der Waals surface area (Å²) in [5, 5.41) is 0. The average Bonchev–Trinajstić information content (AvgIpc) is 2.63. The van der Waals surface area contributed by atoms with Crippen molar-refractivity contribution in [1.82, 2.24) is 9.55 Å². The Hall–Kier alpha value is -1.15. The number of halogens is 3. The molecule has 8 heteroatoms. The molecular formula is C9H12F3N3OS. The van der Waals surface area contributed by atoms with Crippen LogP contribution < -0.4 is 5.73 Å². The van der Waals surface area contributed by atoms with Crippen molar-refractivity contribution < 1.29 is 17.9 Å². The molecule has 1 aromatic rings. The first-order valence-corrected chi connectivity index (χ1v) is 5.26. The molecule has 0 aliphatic carbocycles. The molecule has 0 atom stereocenters. The molecule has 0 aromatic carbocycles. The number of aromatic nitrogens is 2. The quantitative estimate of drug-likeness (QED) is 0.626. The Morgan fingerprint density at radius 3 is 2.82 bits per heavy atom. The highest BCUT2D eigenvalue weighted by molar-refractivity contribution is 7.80. The summed E-state index contributed by atoms with van der Waals surface area (Å²) in [5.41, 5.74) is 5.41. The second-order valence-corrected chi connectivity index (χ2v) is 3.77. The van der Waals surface area contributed by atoms with Gasteiger partial charge in [0.2, 0.25) is 0 Å². The predicted molar refractivity (Wildman–Crippen MR) is 59.6 cm³/mol. The molecule has 0 unspecified atom stereocenters. The van der Waals surface area contributed by atoms with Gasteiger partial charge in [-0.3, -0.25) is 0 Å². The van der Waals surface area contributed by atoms with Crippen LogP contribution in [0.15, 0.2) is 12.4 Å². The molecule has 96 valence electrons. The predicted octanol–water partition coefficient (Wildman–Crippen LogP) is 1.49. The van der Waals surface area contributed by atoms with Crippen molar-refractivity contribution in [1.29, 1.82) is 0 Å². The maximum Gasteiger partial charge on any atom is 0.411 e. The van der Waals surface area contributed by atoms with Gasteiger partial charge in [-0.1, -0.05) is 12.2 Å². The Bertz CT molecular complexity index is 378. The number of nitrogens with zero attached hydrogens (tertiary/aromatic N) is 2. The summed E-state index contributed by atoms with van der Waals surface area (Å²) in [6.07, 6.45) is -0.648. The molecule has 0 fully saturated rings. The molecule has 0 saturated carbocycles. The second-order valence-electron chi connectivity index (χ2n) is 3.33. The molecule has 0 saturated heterocycles. The lowest BCUT2D eigenvalue weighted by Gasteiger charge is -2.09. The van der Waals surface area contributed by atoms with Gasteiger partial charge in [0, 0.05) is 25.5 Å². The van der Waals surface area contributed by atoms with E-state index in [0.29, 0.717) is 18.8 Å². The second kappa shape index (κ2) is 5.97. The molecule has 4 nitrogen and oxygen atoms in total. The summed E-state index contributed by atoms with van der Waals surface area (Å²) in [7, 11) is 0. The van der Waals surface area contributed by atoms with Gasteiger partial charge in [0.25, 0.3) is 0 Å². The molecule has 17 heavy (non-hydrogen) atoms. The molecule has 0 amide bonds. The van der Waals surface area contributed by atoms with Crippen LogP contribution in [0.25, 0.3) is 0 Å². The Labute approximate surface area is 102 Å². The van der Waals surface area contributed by atoms with Crippen molar-refractivity contribution in [3.8, 4) is 0 Å². The minimum atomic E-state index is -4.28. The number of rotatable bonds is 6. The summed E-state index contributed by atoms with van der Waals surface area (Å²) < 4.78 is 41.4. The highest BCUT2D eigenvalue weighted by Crippen LogP contribution is 2.14. The van der Waals surface area contributed by atoms with Gasteiger partial charge < -0.3 is 15.0 Å². The number of alkyl halides is 3. The van der Waals surface area contributed by atoms with Gasteiger partial charge >= 0.3 is 6.18 Å². The highest BCUT2D eigenvalue weighted by Gasteiger charge is 2.27. The molecule has 0 aliphatic rings. The van der Waals surface area contributed by atoms with Crippen LogP contribution >= 0.6 is 12.2 Å². The van der Waals surface area contributed by atoms with Gasteiger partial charge in [-0.25, -0.2) is 4.98 Å². The average molecular weight is 267 g/mol. The van der Waals surface area contributed by atoms with E-state index in [1.54, 1.807) is 10.8 Å². The third-order valence-corrected chi connectivity index (χ3v) is 2.07. The van der Waals surface area contributed by atoms with E-state index >= 15 is 0 Å². The first-order chi connectivity index (χ1) is 7.90. The summed E-state index contributed by atoms with van der Waals surface area (Å²) in [6.45, 7) is -0.738. The topological polar surface area (TPSA) is 53.1 Å². The number of hydrogen-bond donors (Lipinski definition) is 1. The van der Waals surface area contributed by atoms with E-state index in [-0.39, 0.29) is 11.6 Å². The maximum atomic E-state index is 11.8. The SMILES string of the molecule is NC(=S)c1nccn1CCCOCC(F)(F)F. The smallest absolute Gasteiger partial charge is 0.387 e. The van der Waals surface area contributed by atoms with Gasteiger partial charge in [-0.05, 0) is 6.42 Å². The molecule has 2 N–H and O–H groups in total. The van der Waals surface area contributed by atoms with Crippen molar-refractivity contribution >= 4 is 17.2 Å². The van der Waals surface area contributed by atoms with Crippen LogP contribution in [0.2, 0.25) is 0 Å². The number of imidazole rings is 1. The number of nitrogens with two attached hydrogens (primary N) is 1. The fourth-order valence-electron chi connectivity index (χ4n) is 1.24. The van der Waals surface area contributed by atoms with Crippen LogP contribution in [0.1, 0.15) is 12.2 Å². The number of ether oxygens (including phenoxy) is 1. The van der Waals surface area contributed by atoms with Crippen molar-refractivity contribution in [3.63, 3.8) is 0 Å². The summed E-state index contributed by atoms with van der Waals surface area (Å²) in [5.74, 6) is 0.454. The van der Waals surface area contributed by atoms with Crippen LogP contribution in [-0.4, -0.2) is 33.9 Å². The largest absolute Gasteiger partial charge is 0.411 e. The van der Waals surface area contributed by atoms with E-state index in [2.05, 4.69) is 9.72 Å². The van der Waals surface area contributed by atoms with Gasteiger partial charge in [-0.2, -0.15) is 13.2 Å². The fraction of sp³-hybridized carbons (Fsp3) is 0.556. The maximum absolute atomic E-state index is 11.8. The third-order valence-electron chi connectivity index (χ3n) is 1.89. The minimum absolute atomic E-state index is 0.0223. The first kappa shape index (κ1) is 13.9. The number of aryl methyl sites for hydroxylation is 1. The van der Waals surface area contributed by atoms with E-state index in [1.807, 2.05) is 0 Å². The van der Waals surface area contributed by atoms with Crippen LogP contribution in [0.4, 0.5) is 13.2 Å². The Morgan fingerprint density at radius 2 is 2.24 bits per heavy atom. The monoisotopic (exact) mass is 267 g/mol. The Morgan fingerprint density at radius 1 is 1.53 bits per heavy atom. The standard InChI is InChI=1S/C9H12F3N3OS/c10-9(11,12)6-16-5-1-3-15-4-2-14-8(15)7(13)17/h2,4H,1,3,5-6H2,(H2,13,17). The zero-order chi connectivity index (χ0) is 12.9. The van der Waals surface area contributed by atoms with Crippen molar-refractivity contribution in [2.24, 2.45) is 5.73 Å². The molecule has 0 aliphatic heterocycles. The molecule has 0 bridgehead atoms. The lowest BCUT2D eigenvalue weighted by atomic mass is 10.4. The van der Waals surface area contributed by atoms with E-state index in [4.69, 9.17) is 18.0 Å². The van der Waals surface area contributed by atoms with Crippen molar-refractivity contribution in [3.05, 3.63) is 18.2 Å². The van der Waals surface area contributed by atoms with Crippen LogP contribution in [0.5, 0.6) is 0 Å². The lowest BCUT2D eigenvalue weighted by Crippen LogP contribution is -2.19. The normalized spacial score (nSPS) is 11.7. The highest BCUT2D eigenvalue weighted by atomic mass is 32.1. The van der Waals surface area contributed by atoms with Crippen molar-refractivity contribution in [2.45, 2.75) is 19.1 Å². The molecule has 1 rings (SSSR count). The molecule has 1 aromatic heterocycles.